The van der Waals surface area contributed by atoms with Gasteiger partial charge in [-0.2, -0.15) is 0 Å². The van der Waals surface area contributed by atoms with Gasteiger partial charge in [-0.25, -0.2) is 4.98 Å². The predicted molar refractivity (Wildman–Crippen MR) is 82.7 cm³/mol. The monoisotopic (exact) mass is 289 g/mol. The molecular formula is C15H19N3OS. The highest BCUT2D eigenvalue weighted by Gasteiger charge is 2.19. The van der Waals surface area contributed by atoms with Crippen LogP contribution in [0.1, 0.15) is 42.1 Å². The summed E-state index contributed by atoms with van der Waals surface area (Å²) in [6.07, 6.45) is 0. The maximum Gasteiger partial charge on any atom is 0.227 e. The number of carbonyl (C=O) groups is 1. The Morgan fingerprint density at radius 3 is 2.75 bits per heavy atom. The van der Waals surface area contributed by atoms with Crippen LogP contribution in [0.3, 0.4) is 0 Å². The van der Waals surface area contributed by atoms with Crippen molar-refractivity contribution < 1.29 is 4.79 Å². The number of benzene rings is 1. The summed E-state index contributed by atoms with van der Waals surface area (Å²) >= 11 is 1.56. The molecule has 106 valence electrons. The van der Waals surface area contributed by atoms with E-state index in [4.69, 9.17) is 5.73 Å². The van der Waals surface area contributed by atoms with E-state index in [0.29, 0.717) is 5.69 Å². The standard InChI is InChI=1S/C15H19N3OS/c1-9-8-20-15(17-9)11(3)18-14(19)10(2)12-5-4-6-13(16)7-12/h4-8,10-11H,16H2,1-3H3,(H,18,19). The van der Waals surface area contributed by atoms with Crippen molar-refractivity contribution in [3.8, 4) is 0 Å². The van der Waals surface area contributed by atoms with Gasteiger partial charge in [0.05, 0.1) is 12.0 Å². The van der Waals surface area contributed by atoms with Gasteiger partial charge < -0.3 is 11.1 Å². The van der Waals surface area contributed by atoms with E-state index in [2.05, 4.69) is 10.3 Å². The van der Waals surface area contributed by atoms with Crippen molar-refractivity contribution >= 4 is 22.9 Å². The molecule has 2 unspecified atom stereocenters. The Morgan fingerprint density at radius 2 is 2.15 bits per heavy atom. The summed E-state index contributed by atoms with van der Waals surface area (Å²) in [5.74, 6) is -0.252. The minimum Gasteiger partial charge on any atom is -0.399 e. The number of nitrogens with one attached hydrogen (secondary N) is 1. The van der Waals surface area contributed by atoms with Gasteiger partial charge in [-0.15, -0.1) is 11.3 Å². The Morgan fingerprint density at radius 1 is 1.40 bits per heavy atom. The van der Waals surface area contributed by atoms with Crippen LogP contribution < -0.4 is 11.1 Å². The molecule has 1 amide bonds. The number of thiazole rings is 1. The Balaban J connectivity index is 2.04. The van der Waals surface area contributed by atoms with Crippen LogP contribution in [0.25, 0.3) is 0 Å². The number of hydrogen-bond donors (Lipinski definition) is 2. The lowest BCUT2D eigenvalue weighted by molar-refractivity contribution is -0.122. The fourth-order valence-corrected chi connectivity index (χ4v) is 2.75. The van der Waals surface area contributed by atoms with E-state index in [1.165, 1.54) is 0 Å². The molecule has 0 radical (unpaired) electrons. The fourth-order valence-electron chi connectivity index (χ4n) is 1.95. The van der Waals surface area contributed by atoms with Crippen LogP contribution >= 0.6 is 11.3 Å². The van der Waals surface area contributed by atoms with Gasteiger partial charge in [0.1, 0.15) is 5.01 Å². The van der Waals surface area contributed by atoms with Gasteiger partial charge in [0.2, 0.25) is 5.91 Å². The summed E-state index contributed by atoms with van der Waals surface area (Å²) in [7, 11) is 0. The molecule has 0 aliphatic rings. The van der Waals surface area contributed by atoms with Crippen LogP contribution in [0.15, 0.2) is 29.6 Å². The van der Waals surface area contributed by atoms with Crippen molar-refractivity contribution in [3.05, 3.63) is 45.9 Å². The molecule has 4 nitrogen and oxygen atoms in total. The van der Waals surface area contributed by atoms with E-state index >= 15 is 0 Å². The van der Waals surface area contributed by atoms with Crippen LogP contribution in [0.5, 0.6) is 0 Å². The SMILES string of the molecule is Cc1csc(C(C)NC(=O)C(C)c2cccc(N)c2)n1. The maximum absolute atomic E-state index is 12.3. The molecule has 0 aliphatic carbocycles. The molecule has 3 N–H and O–H groups in total. The van der Waals surface area contributed by atoms with Crippen molar-refractivity contribution in [2.24, 2.45) is 0 Å². The van der Waals surface area contributed by atoms with Gasteiger partial charge in [-0.1, -0.05) is 12.1 Å². The van der Waals surface area contributed by atoms with E-state index in [1.54, 1.807) is 11.3 Å². The highest BCUT2D eigenvalue weighted by Crippen LogP contribution is 2.21. The molecule has 2 atom stereocenters. The molecule has 0 saturated heterocycles. The molecule has 1 aromatic carbocycles. The molecule has 0 fully saturated rings. The number of anilines is 1. The molecule has 5 heteroatoms. The first kappa shape index (κ1) is 14.5. The summed E-state index contributed by atoms with van der Waals surface area (Å²) in [5.41, 5.74) is 8.33. The van der Waals surface area contributed by atoms with E-state index in [1.807, 2.05) is 50.4 Å². The smallest absolute Gasteiger partial charge is 0.227 e. The molecule has 0 spiro atoms. The minimum atomic E-state index is -0.234. The second-order valence-electron chi connectivity index (χ2n) is 4.95. The maximum atomic E-state index is 12.3. The molecule has 1 aromatic heterocycles. The molecule has 20 heavy (non-hydrogen) atoms. The van der Waals surface area contributed by atoms with Crippen LogP contribution in [-0.2, 0) is 4.79 Å². The predicted octanol–water partition coefficient (Wildman–Crippen LogP) is 3.01. The van der Waals surface area contributed by atoms with Crippen LogP contribution in [0, 0.1) is 6.92 Å². The first-order chi connectivity index (χ1) is 9.47. The van der Waals surface area contributed by atoms with Crippen molar-refractivity contribution in [1.82, 2.24) is 10.3 Å². The van der Waals surface area contributed by atoms with Crippen LogP contribution in [0.4, 0.5) is 5.69 Å². The number of aromatic nitrogens is 1. The van der Waals surface area contributed by atoms with Crippen molar-refractivity contribution in [2.75, 3.05) is 5.73 Å². The molecular weight excluding hydrogens is 270 g/mol. The molecule has 0 aliphatic heterocycles. The summed E-state index contributed by atoms with van der Waals surface area (Å²) in [4.78, 5) is 16.7. The van der Waals surface area contributed by atoms with Crippen molar-refractivity contribution in [3.63, 3.8) is 0 Å². The number of carbonyl (C=O) groups excluding carboxylic acids is 1. The zero-order valence-electron chi connectivity index (χ0n) is 11.9. The van der Waals surface area contributed by atoms with E-state index in [9.17, 15) is 4.79 Å². The Hall–Kier alpha value is -1.88. The zero-order chi connectivity index (χ0) is 14.7. The summed E-state index contributed by atoms with van der Waals surface area (Å²) < 4.78 is 0. The van der Waals surface area contributed by atoms with Crippen molar-refractivity contribution in [2.45, 2.75) is 32.7 Å². The second-order valence-corrected chi connectivity index (χ2v) is 5.84. The normalized spacial score (nSPS) is 13.8. The molecule has 2 rings (SSSR count). The lowest BCUT2D eigenvalue weighted by Gasteiger charge is -2.16. The molecule has 1 heterocycles. The molecule has 2 aromatic rings. The molecule has 0 bridgehead atoms. The Kier molecular flexibility index (Phi) is 4.39. The third-order valence-corrected chi connectivity index (χ3v) is 4.32. The highest BCUT2D eigenvalue weighted by molar-refractivity contribution is 7.09. The average Bonchev–Trinajstić information content (AvgIpc) is 2.84. The molecule has 0 saturated carbocycles. The third-order valence-electron chi connectivity index (χ3n) is 3.17. The van der Waals surface area contributed by atoms with E-state index < -0.39 is 0 Å². The number of nitrogens with two attached hydrogens (primary N) is 1. The first-order valence-corrected chi connectivity index (χ1v) is 7.43. The quantitative estimate of drug-likeness (QED) is 0.850. The summed E-state index contributed by atoms with van der Waals surface area (Å²) in [6.45, 7) is 5.77. The third kappa shape index (κ3) is 3.36. The topological polar surface area (TPSA) is 68.0 Å². The lowest BCUT2D eigenvalue weighted by Crippen LogP contribution is -2.30. The lowest BCUT2D eigenvalue weighted by atomic mass is 9.99. The summed E-state index contributed by atoms with van der Waals surface area (Å²) in [6, 6.07) is 7.35. The van der Waals surface area contributed by atoms with Gasteiger partial charge in [0.15, 0.2) is 0 Å². The number of hydrogen-bond acceptors (Lipinski definition) is 4. The number of nitrogens with zero attached hydrogens (tertiary/aromatic N) is 1. The van der Waals surface area contributed by atoms with Crippen LogP contribution in [0.2, 0.25) is 0 Å². The Labute approximate surface area is 123 Å². The van der Waals surface area contributed by atoms with Gasteiger partial charge in [0.25, 0.3) is 0 Å². The number of amides is 1. The van der Waals surface area contributed by atoms with E-state index in [0.717, 1.165) is 16.3 Å². The largest absolute Gasteiger partial charge is 0.399 e. The Bertz CT molecular complexity index is 609. The van der Waals surface area contributed by atoms with Gasteiger partial charge in [0, 0.05) is 16.8 Å². The number of aryl methyl sites for hydroxylation is 1. The van der Waals surface area contributed by atoms with Gasteiger partial charge in [-0.05, 0) is 38.5 Å². The fraction of sp³-hybridized carbons (Fsp3) is 0.333. The van der Waals surface area contributed by atoms with E-state index in [-0.39, 0.29) is 17.9 Å². The first-order valence-electron chi connectivity index (χ1n) is 6.55. The average molecular weight is 289 g/mol. The van der Waals surface area contributed by atoms with Crippen LogP contribution in [-0.4, -0.2) is 10.9 Å². The number of nitrogen functional groups attached to an aromatic ring is 1. The zero-order valence-corrected chi connectivity index (χ0v) is 12.7. The van der Waals surface area contributed by atoms with Gasteiger partial charge in [-0.3, -0.25) is 4.79 Å². The highest BCUT2D eigenvalue weighted by atomic mass is 32.1. The summed E-state index contributed by atoms with van der Waals surface area (Å²) in [5, 5.41) is 5.91. The minimum absolute atomic E-state index is 0.0176. The number of rotatable bonds is 4. The van der Waals surface area contributed by atoms with Gasteiger partial charge >= 0.3 is 0 Å². The second kappa shape index (κ2) is 6.05. The van der Waals surface area contributed by atoms with Crippen molar-refractivity contribution in [1.29, 1.82) is 0 Å².